The summed E-state index contributed by atoms with van der Waals surface area (Å²) in [5.41, 5.74) is 2.75. The molecule has 11 aliphatic rings. The van der Waals surface area contributed by atoms with E-state index in [1.165, 1.54) is 89.0 Å². The predicted octanol–water partition coefficient (Wildman–Crippen LogP) is 17.2. The Morgan fingerprint density at radius 1 is 0.538 bits per heavy atom. The number of hydrogen-bond donors (Lipinski definition) is 3. The van der Waals surface area contributed by atoms with Gasteiger partial charge in [0, 0.05) is 0 Å². The molecule has 1 unspecified atom stereocenters. The van der Waals surface area contributed by atoms with Crippen LogP contribution in [0, 0.1) is 99.6 Å². The van der Waals surface area contributed by atoms with Crippen molar-refractivity contribution in [3.8, 4) is 0 Å². The van der Waals surface area contributed by atoms with Gasteiger partial charge in [-0.3, -0.25) is 0 Å². The molecule has 17 atom stereocenters. The molecule has 1 saturated heterocycles. The van der Waals surface area contributed by atoms with Gasteiger partial charge in [-0.15, -0.1) is 0 Å². The minimum Gasteiger partial charge on any atom is -0.390 e. The molecule has 1 spiro atoms. The number of ether oxygens (including phenoxy) is 1. The Morgan fingerprint density at radius 3 is 1.39 bits per heavy atom. The van der Waals surface area contributed by atoms with Crippen molar-refractivity contribution in [2.45, 2.75) is 315 Å². The molecule has 0 amide bonds. The second kappa shape index (κ2) is 30.6. The van der Waals surface area contributed by atoms with Crippen LogP contribution in [-0.2, 0) is 24.4 Å². The Balaban J connectivity index is 0.000000216. The Labute approximate surface area is 582 Å². The molecule has 13 rings (SSSR count). The van der Waals surface area contributed by atoms with E-state index in [0.29, 0.717) is 87.4 Å². The van der Waals surface area contributed by atoms with Gasteiger partial charge in [-0.2, -0.15) is 6.42 Å². The molecule has 8 nitrogen and oxygen atoms in total. The molecule has 8 saturated carbocycles. The first-order chi connectivity index (χ1) is 42.4. The number of aliphatic hydroxyl groups is 3. The zero-order chi connectivity index (χ0) is 64.9. The number of rotatable bonds is 13. The van der Waals surface area contributed by atoms with E-state index in [9.17, 15) is 32.2 Å². The number of unbranched alkanes of at least 4 members (excludes halogenated alkanes) is 1. The van der Waals surface area contributed by atoms with Gasteiger partial charge in [0.25, 0.3) is 0 Å². The van der Waals surface area contributed by atoms with Crippen LogP contribution in [0.15, 0.2) is 93.8 Å². The Kier molecular flexibility index (Phi) is 25.9. The summed E-state index contributed by atoms with van der Waals surface area (Å²) in [5.74, 6) is 6.81. The van der Waals surface area contributed by atoms with Crippen LogP contribution in [0.5, 0.6) is 0 Å². The van der Waals surface area contributed by atoms with Crippen LogP contribution in [0.2, 0.25) is 0 Å². The van der Waals surface area contributed by atoms with E-state index < -0.39 is 41.7 Å². The van der Waals surface area contributed by atoms with Crippen molar-refractivity contribution in [3.63, 3.8) is 0 Å². The molecule has 0 bridgehead atoms. The zero-order valence-corrected chi connectivity index (χ0v) is 60.9. The molecule has 522 valence electrons. The molecule has 0 aromatic heterocycles. The molecular formula is C82H133LiO8S2. The van der Waals surface area contributed by atoms with Gasteiger partial charge in [-0.05, 0) is 290 Å². The quantitative estimate of drug-likeness (QED) is 0.0779. The van der Waals surface area contributed by atoms with E-state index in [4.69, 9.17) is 4.74 Å². The summed E-state index contributed by atoms with van der Waals surface area (Å²) in [5, 5.41) is 33.3. The van der Waals surface area contributed by atoms with E-state index >= 15 is 0 Å². The van der Waals surface area contributed by atoms with Crippen molar-refractivity contribution in [2.24, 2.45) is 92.7 Å². The molecular weight excluding hydrogens is 1180 g/mol. The average molecular weight is 1320 g/mol. The van der Waals surface area contributed by atoms with E-state index in [1.54, 1.807) is 29.8 Å². The zero-order valence-electron chi connectivity index (χ0n) is 59.3. The summed E-state index contributed by atoms with van der Waals surface area (Å²) in [4.78, 5) is 0.874. The van der Waals surface area contributed by atoms with Crippen LogP contribution in [0.25, 0.3) is 0 Å². The summed E-state index contributed by atoms with van der Waals surface area (Å²) in [6, 6.07) is 18.1. The van der Waals surface area contributed by atoms with Gasteiger partial charge in [0.1, 0.15) is 0 Å². The van der Waals surface area contributed by atoms with E-state index in [-0.39, 0.29) is 67.5 Å². The second-order valence-corrected chi connectivity index (χ2v) is 38.8. The number of sulfone groups is 2. The number of fused-ring (bicyclic) bond motifs is 10. The first-order valence-corrected chi connectivity index (χ1v) is 40.2. The maximum absolute atomic E-state index is 14.5. The van der Waals surface area contributed by atoms with Crippen molar-refractivity contribution < 1.29 is 55.8 Å². The first kappa shape index (κ1) is 78.6. The van der Waals surface area contributed by atoms with Crippen LogP contribution >= 0.6 is 0 Å². The Bertz CT molecular complexity index is 3000. The largest absolute Gasteiger partial charge is 1.00 e. The van der Waals surface area contributed by atoms with E-state index in [2.05, 4.69) is 95.2 Å². The normalized spacial score (nSPS) is 37.2. The fraction of sp³-hybridized carbons (Fsp3) is 0.793. The van der Waals surface area contributed by atoms with E-state index in [1.807, 2.05) is 36.4 Å². The monoisotopic (exact) mass is 1320 g/mol. The van der Waals surface area contributed by atoms with Crippen molar-refractivity contribution in [3.05, 3.63) is 90.9 Å². The molecule has 3 N–H and O–H groups in total. The van der Waals surface area contributed by atoms with Gasteiger partial charge < -0.3 is 27.0 Å². The fourth-order valence-electron chi connectivity index (χ4n) is 21.8. The van der Waals surface area contributed by atoms with Crippen molar-refractivity contribution in [1.82, 2.24) is 0 Å². The van der Waals surface area contributed by atoms with Gasteiger partial charge in [0.15, 0.2) is 19.7 Å². The molecule has 10 aliphatic carbocycles. The molecule has 0 radical (unpaired) electrons. The van der Waals surface area contributed by atoms with Gasteiger partial charge in [-0.25, -0.2) is 16.8 Å². The number of benzene rings is 2. The van der Waals surface area contributed by atoms with Crippen molar-refractivity contribution >= 4 is 19.7 Å². The van der Waals surface area contributed by atoms with Crippen LogP contribution in [0.4, 0.5) is 0 Å². The van der Waals surface area contributed by atoms with Crippen molar-refractivity contribution in [1.29, 1.82) is 0 Å². The number of allylic oxidation sites excluding steroid dienone is 2. The van der Waals surface area contributed by atoms with Gasteiger partial charge in [0.05, 0.1) is 49.8 Å². The maximum Gasteiger partial charge on any atom is 1.00 e. The first-order valence-electron chi connectivity index (χ1n) is 37.0. The van der Waals surface area contributed by atoms with Gasteiger partial charge >= 0.3 is 18.9 Å². The van der Waals surface area contributed by atoms with Gasteiger partial charge in [0.2, 0.25) is 0 Å². The third-order valence-electron chi connectivity index (χ3n) is 28.1. The maximum atomic E-state index is 14.5. The molecule has 1 heterocycles. The molecule has 11 heteroatoms. The molecule has 1 aliphatic heterocycles. The Morgan fingerprint density at radius 2 is 0.957 bits per heavy atom. The standard InChI is InChI=1S/C38H58O4S.C29H42O3S.C9H16O.C4H9.2CH4.Li/c1-6-37(39)19-17-29-27(24-37)12-13-31-30(29)16-18-36(5)32(14-15-33(31)36)26(2)34(43(41,42)28-10-8-7-9-11-28)25-38(40)22-20-35(3,4)21-23-38;1-4-29(30)17-15-23-21(18-29)10-11-25-24(23)14-16-28(3)26(12-13-27(25)28)20(2)19-33(31,32)22-8-6-5-7-9-22;1-8(2)3-5-9(6-4-8)7-10-9;1-3-4-2;;;/h7-12,26,29-34,39-40H,6,13-25H2,1-5H3;5-10,20,23-27,30H,4,11-19H2,1-3H3;3-7H2,1-2H3;1,3-4H2,2H3;2*1H4;/q;;;-1;;;+1/t26-,29-,30+,31+,32+,33-,34?,36+,37-;20-,23+,24-,25-,26-,27+,28-,29+;;;;;/m01...../s1. The minimum atomic E-state index is -3.61. The summed E-state index contributed by atoms with van der Waals surface area (Å²) < 4.78 is 60.6. The number of hydrogen-bond acceptors (Lipinski definition) is 8. The minimum absolute atomic E-state index is 0. The fourth-order valence-corrected chi connectivity index (χ4v) is 25.6. The molecule has 93 heavy (non-hydrogen) atoms. The van der Waals surface area contributed by atoms with Gasteiger partial charge in [-0.1, -0.05) is 157 Å². The van der Waals surface area contributed by atoms with Crippen LogP contribution < -0.4 is 18.9 Å². The average Bonchev–Trinajstić information content (AvgIpc) is 1.61. The molecule has 9 fully saturated rings. The predicted molar refractivity (Wildman–Crippen MR) is 382 cm³/mol. The topological polar surface area (TPSA) is 142 Å². The van der Waals surface area contributed by atoms with Crippen molar-refractivity contribution in [2.75, 3.05) is 12.4 Å². The van der Waals surface area contributed by atoms with Crippen LogP contribution in [-0.4, -0.2) is 72.2 Å². The van der Waals surface area contributed by atoms with Crippen LogP contribution in [0.1, 0.15) is 277 Å². The smallest absolute Gasteiger partial charge is 0.390 e. The summed E-state index contributed by atoms with van der Waals surface area (Å²) in [7, 11) is -6.86. The molecule has 2 aromatic rings. The van der Waals surface area contributed by atoms with E-state index in [0.717, 1.165) is 102 Å². The van der Waals surface area contributed by atoms with Crippen LogP contribution in [0.3, 0.4) is 0 Å². The SMILES string of the molecule is C.C.CC1(C)CCC2(CC1)CO2.CC[C@]1(O)CC[C@H]2C(=CC[C@@H]3[C@@H]2CC[C@]2(C)[C@@H]([C@H](C)C(CC4(O)CCC(C)(C)CC4)S(=O)(=O)c4ccccc4)CC[C@@H]32)C1.CC[C@]1(O)CC[C@H]2C(=CC[C@@H]3[C@@H]2CC[C@]2(C)[C@@H]([C@H](C)CS(=O)(=O)c4ccccc4)CC[C@@H]32)C1.[CH2-]CCC.[Li+]. The molecule has 2 aromatic carbocycles. The summed E-state index contributed by atoms with van der Waals surface area (Å²) in [6.07, 6.45) is 35.7. The second-order valence-electron chi connectivity index (χ2n) is 34.6. The Hall–Kier alpha value is -1.74. The third-order valence-corrected chi connectivity index (χ3v) is 32.4. The third kappa shape index (κ3) is 16.9. The number of epoxide rings is 1. The summed E-state index contributed by atoms with van der Waals surface area (Å²) >= 11 is 0. The summed E-state index contributed by atoms with van der Waals surface area (Å²) in [6.45, 7) is 29.7.